The summed E-state index contributed by atoms with van der Waals surface area (Å²) in [5.74, 6) is 0. The molecule has 1 atom stereocenters. The standard InChI is InChI=1S/C10H20N2O3S/c11-9-2-1-5-12(8-9)16(13,14)10-3-6-15-7-4-10/h9-10H,1-8,11H2. The number of nitrogens with two attached hydrogens (primary N) is 1. The van der Waals surface area contributed by atoms with E-state index in [1.807, 2.05) is 0 Å². The van der Waals surface area contributed by atoms with Gasteiger partial charge in [-0.05, 0) is 25.7 Å². The molecule has 0 bridgehead atoms. The summed E-state index contributed by atoms with van der Waals surface area (Å²) in [6.45, 7) is 2.24. The van der Waals surface area contributed by atoms with Gasteiger partial charge in [-0.2, -0.15) is 0 Å². The molecule has 2 heterocycles. The molecular formula is C10H20N2O3S. The first-order valence-electron chi connectivity index (χ1n) is 5.93. The number of hydrogen-bond acceptors (Lipinski definition) is 4. The third-order valence-electron chi connectivity index (χ3n) is 3.37. The highest BCUT2D eigenvalue weighted by Crippen LogP contribution is 2.22. The molecule has 0 aromatic carbocycles. The maximum atomic E-state index is 12.3. The van der Waals surface area contributed by atoms with E-state index < -0.39 is 10.0 Å². The number of nitrogens with zero attached hydrogens (tertiary/aromatic N) is 1. The molecule has 1 unspecified atom stereocenters. The first kappa shape index (κ1) is 12.3. The molecule has 6 heteroatoms. The predicted octanol–water partition coefficient (Wildman–Crippen LogP) is -0.0817. The minimum Gasteiger partial charge on any atom is -0.381 e. The Hall–Kier alpha value is -0.170. The number of ether oxygens (including phenoxy) is 1. The molecule has 94 valence electrons. The molecule has 2 aliphatic heterocycles. The van der Waals surface area contributed by atoms with Crippen molar-refractivity contribution in [3.8, 4) is 0 Å². The van der Waals surface area contributed by atoms with Gasteiger partial charge < -0.3 is 10.5 Å². The van der Waals surface area contributed by atoms with Crippen molar-refractivity contribution in [1.29, 1.82) is 0 Å². The molecule has 0 aromatic rings. The van der Waals surface area contributed by atoms with E-state index in [0.29, 0.717) is 39.1 Å². The van der Waals surface area contributed by atoms with Crippen LogP contribution in [0.3, 0.4) is 0 Å². The van der Waals surface area contributed by atoms with Crippen molar-refractivity contribution in [2.24, 2.45) is 5.73 Å². The quantitative estimate of drug-likeness (QED) is 0.742. The van der Waals surface area contributed by atoms with Crippen molar-refractivity contribution >= 4 is 10.0 Å². The minimum atomic E-state index is -3.14. The van der Waals surface area contributed by atoms with Gasteiger partial charge in [-0.1, -0.05) is 0 Å². The Balaban J connectivity index is 2.05. The molecule has 2 fully saturated rings. The van der Waals surface area contributed by atoms with E-state index in [9.17, 15) is 8.42 Å². The highest BCUT2D eigenvalue weighted by Gasteiger charge is 2.35. The van der Waals surface area contributed by atoms with E-state index in [-0.39, 0.29) is 11.3 Å². The summed E-state index contributed by atoms with van der Waals surface area (Å²) in [5.41, 5.74) is 5.82. The Bertz CT molecular complexity index is 325. The lowest BCUT2D eigenvalue weighted by atomic mass is 10.1. The lowest BCUT2D eigenvalue weighted by Gasteiger charge is -2.34. The molecule has 0 aromatic heterocycles. The maximum Gasteiger partial charge on any atom is 0.217 e. The van der Waals surface area contributed by atoms with Gasteiger partial charge in [0.2, 0.25) is 10.0 Å². The highest BCUT2D eigenvalue weighted by atomic mass is 32.2. The molecule has 0 spiro atoms. The largest absolute Gasteiger partial charge is 0.381 e. The third kappa shape index (κ3) is 2.56. The number of piperidine rings is 1. The van der Waals surface area contributed by atoms with E-state index in [1.54, 1.807) is 4.31 Å². The van der Waals surface area contributed by atoms with Crippen LogP contribution in [-0.4, -0.2) is 50.3 Å². The van der Waals surface area contributed by atoms with Crippen LogP contribution in [0.2, 0.25) is 0 Å². The molecular weight excluding hydrogens is 228 g/mol. The highest BCUT2D eigenvalue weighted by molar-refractivity contribution is 7.89. The van der Waals surface area contributed by atoms with E-state index in [1.165, 1.54) is 0 Å². The van der Waals surface area contributed by atoms with Crippen LogP contribution < -0.4 is 5.73 Å². The van der Waals surface area contributed by atoms with Crippen LogP contribution in [0.15, 0.2) is 0 Å². The maximum absolute atomic E-state index is 12.3. The Morgan fingerprint density at radius 3 is 2.50 bits per heavy atom. The SMILES string of the molecule is NC1CCCN(S(=O)(=O)C2CCOCC2)C1. The molecule has 0 saturated carbocycles. The zero-order chi connectivity index (χ0) is 11.6. The molecule has 2 saturated heterocycles. The lowest BCUT2D eigenvalue weighted by molar-refractivity contribution is 0.0969. The summed E-state index contributed by atoms with van der Waals surface area (Å²) in [6.07, 6.45) is 3.05. The van der Waals surface area contributed by atoms with Crippen LogP contribution in [0.25, 0.3) is 0 Å². The summed E-state index contributed by atoms with van der Waals surface area (Å²) in [6, 6.07) is 0.00312. The van der Waals surface area contributed by atoms with Gasteiger partial charge in [-0.25, -0.2) is 12.7 Å². The van der Waals surface area contributed by atoms with Crippen molar-refractivity contribution in [2.75, 3.05) is 26.3 Å². The van der Waals surface area contributed by atoms with Crippen molar-refractivity contribution in [2.45, 2.75) is 37.0 Å². The average Bonchev–Trinajstić information content (AvgIpc) is 2.30. The molecule has 16 heavy (non-hydrogen) atoms. The zero-order valence-electron chi connectivity index (χ0n) is 9.47. The fourth-order valence-electron chi connectivity index (χ4n) is 2.39. The van der Waals surface area contributed by atoms with Crippen LogP contribution in [0, 0.1) is 0 Å². The van der Waals surface area contributed by atoms with Gasteiger partial charge in [0.15, 0.2) is 0 Å². The summed E-state index contributed by atoms with van der Waals surface area (Å²) in [5, 5.41) is -0.258. The topological polar surface area (TPSA) is 72.6 Å². The molecule has 2 N–H and O–H groups in total. The summed E-state index contributed by atoms with van der Waals surface area (Å²) in [4.78, 5) is 0. The molecule has 2 rings (SSSR count). The molecule has 2 aliphatic rings. The van der Waals surface area contributed by atoms with Gasteiger partial charge in [-0.15, -0.1) is 0 Å². The Morgan fingerprint density at radius 1 is 1.19 bits per heavy atom. The van der Waals surface area contributed by atoms with Crippen molar-refractivity contribution < 1.29 is 13.2 Å². The Labute approximate surface area is 97.0 Å². The predicted molar refractivity (Wildman–Crippen MR) is 61.5 cm³/mol. The fourth-order valence-corrected chi connectivity index (χ4v) is 4.38. The average molecular weight is 248 g/mol. The van der Waals surface area contributed by atoms with Crippen molar-refractivity contribution in [3.05, 3.63) is 0 Å². The Morgan fingerprint density at radius 2 is 1.88 bits per heavy atom. The lowest BCUT2D eigenvalue weighted by Crippen LogP contribution is -2.49. The number of sulfonamides is 1. The first-order valence-corrected chi connectivity index (χ1v) is 7.43. The normalized spacial score (nSPS) is 30.4. The van der Waals surface area contributed by atoms with Gasteiger partial charge in [-0.3, -0.25) is 0 Å². The number of rotatable bonds is 2. The van der Waals surface area contributed by atoms with Gasteiger partial charge in [0.05, 0.1) is 5.25 Å². The van der Waals surface area contributed by atoms with E-state index in [0.717, 1.165) is 12.8 Å². The first-order chi connectivity index (χ1) is 7.60. The second-order valence-corrected chi connectivity index (χ2v) is 6.83. The Kier molecular flexibility index (Phi) is 3.84. The van der Waals surface area contributed by atoms with Crippen molar-refractivity contribution in [1.82, 2.24) is 4.31 Å². The van der Waals surface area contributed by atoms with Gasteiger partial charge in [0.1, 0.15) is 0 Å². The van der Waals surface area contributed by atoms with Crippen LogP contribution in [0.5, 0.6) is 0 Å². The molecule has 0 amide bonds. The van der Waals surface area contributed by atoms with E-state index >= 15 is 0 Å². The minimum absolute atomic E-state index is 0.00312. The third-order valence-corrected chi connectivity index (χ3v) is 5.74. The second-order valence-electron chi connectivity index (χ2n) is 4.62. The smallest absolute Gasteiger partial charge is 0.217 e. The second kappa shape index (κ2) is 5.00. The monoisotopic (exact) mass is 248 g/mol. The van der Waals surface area contributed by atoms with Crippen molar-refractivity contribution in [3.63, 3.8) is 0 Å². The van der Waals surface area contributed by atoms with E-state index in [4.69, 9.17) is 10.5 Å². The molecule has 0 radical (unpaired) electrons. The molecule has 5 nitrogen and oxygen atoms in total. The summed E-state index contributed by atoms with van der Waals surface area (Å²) >= 11 is 0. The summed E-state index contributed by atoms with van der Waals surface area (Å²) < 4.78 is 31.4. The van der Waals surface area contributed by atoms with Crippen LogP contribution in [-0.2, 0) is 14.8 Å². The zero-order valence-corrected chi connectivity index (χ0v) is 10.3. The van der Waals surface area contributed by atoms with Crippen LogP contribution in [0.4, 0.5) is 0 Å². The number of hydrogen-bond donors (Lipinski definition) is 1. The van der Waals surface area contributed by atoms with Gasteiger partial charge in [0, 0.05) is 32.3 Å². The fraction of sp³-hybridized carbons (Fsp3) is 1.00. The molecule has 0 aliphatic carbocycles. The van der Waals surface area contributed by atoms with Gasteiger partial charge in [0.25, 0.3) is 0 Å². The van der Waals surface area contributed by atoms with Gasteiger partial charge >= 0.3 is 0 Å². The van der Waals surface area contributed by atoms with Crippen LogP contribution in [0.1, 0.15) is 25.7 Å². The van der Waals surface area contributed by atoms with Crippen LogP contribution >= 0.6 is 0 Å². The van der Waals surface area contributed by atoms with E-state index in [2.05, 4.69) is 0 Å². The summed E-state index contributed by atoms with van der Waals surface area (Å²) in [7, 11) is -3.14.